The zero-order valence-corrected chi connectivity index (χ0v) is 19.9. The predicted molar refractivity (Wildman–Crippen MR) is 126 cm³/mol. The van der Waals surface area contributed by atoms with Crippen molar-refractivity contribution in [2.45, 2.75) is 46.0 Å². The van der Waals surface area contributed by atoms with Gasteiger partial charge < -0.3 is 19.7 Å². The smallest absolute Gasteiger partial charge is 0.409 e. The fourth-order valence-corrected chi connectivity index (χ4v) is 3.62. The number of nitrogens with one attached hydrogen (secondary N) is 1. The number of hydrogen-bond donors (Lipinski definition) is 1. The van der Waals surface area contributed by atoms with Gasteiger partial charge in [0.2, 0.25) is 0 Å². The highest BCUT2D eigenvalue weighted by molar-refractivity contribution is 5.95. The Morgan fingerprint density at radius 3 is 2.50 bits per heavy atom. The minimum atomic E-state index is -0.591. The van der Waals surface area contributed by atoms with E-state index in [1.54, 1.807) is 23.4 Å². The van der Waals surface area contributed by atoms with Crippen LogP contribution in [0.4, 0.5) is 9.18 Å². The minimum absolute atomic E-state index is 0.0124. The monoisotopic (exact) mass is 472 g/mol. The maximum atomic E-state index is 14.4. The minimum Gasteiger partial charge on any atom is -0.463 e. The van der Waals surface area contributed by atoms with Crippen molar-refractivity contribution in [3.63, 3.8) is 0 Å². The number of carbonyl (C=O) groups is 2. The number of likely N-dealkylation sites (tertiary alicyclic amines) is 1. The highest BCUT2D eigenvalue weighted by Crippen LogP contribution is 2.23. The van der Waals surface area contributed by atoms with E-state index in [1.807, 2.05) is 6.92 Å². The molecule has 0 aliphatic carbocycles. The van der Waals surface area contributed by atoms with Crippen LogP contribution in [-0.2, 0) is 4.74 Å². The van der Waals surface area contributed by atoms with Crippen LogP contribution < -0.4 is 10.1 Å². The number of aromatic nitrogens is 2. The first kappa shape index (κ1) is 25.4. The van der Waals surface area contributed by atoms with Crippen molar-refractivity contribution in [1.82, 2.24) is 20.2 Å². The maximum absolute atomic E-state index is 14.4. The zero-order valence-electron chi connectivity index (χ0n) is 19.9. The Labute approximate surface area is 199 Å². The molecule has 2 aromatic rings. The van der Waals surface area contributed by atoms with Gasteiger partial charge in [0.1, 0.15) is 5.82 Å². The summed E-state index contributed by atoms with van der Waals surface area (Å²) < 4.78 is 25.4. The molecule has 1 aromatic carbocycles. The largest absolute Gasteiger partial charge is 0.463 e. The first-order chi connectivity index (χ1) is 16.5. The van der Waals surface area contributed by atoms with E-state index < -0.39 is 11.7 Å². The molecule has 1 fully saturated rings. The first-order valence-corrected chi connectivity index (χ1v) is 12.0. The van der Waals surface area contributed by atoms with Crippen LogP contribution in [0.3, 0.4) is 0 Å². The second kappa shape index (κ2) is 12.9. The van der Waals surface area contributed by atoms with Gasteiger partial charge in [-0.3, -0.25) is 4.79 Å². The van der Waals surface area contributed by atoms with Gasteiger partial charge >= 0.3 is 12.1 Å². The SMILES string of the molecule is CCCCOC(=O)N1CCC(COc2ncc(-c3ccc(C(=O)NCCC)c(F)c3)cn2)CC1. The van der Waals surface area contributed by atoms with E-state index in [0.717, 1.165) is 32.1 Å². The number of nitrogens with zero attached hydrogens (tertiary/aromatic N) is 3. The third-order valence-electron chi connectivity index (χ3n) is 5.76. The number of halogens is 1. The lowest BCUT2D eigenvalue weighted by Crippen LogP contribution is -2.40. The number of amides is 2. The summed E-state index contributed by atoms with van der Waals surface area (Å²) >= 11 is 0. The second-order valence-electron chi connectivity index (χ2n) is 8.41. The van der Waals surface area contributed by atoms with Crippen molar-refractivity contribution < 1.29 is 23.5 Å². The van der Waals surface area contributed by atoms with Crippen molar-refractivity contribution >= 4 is 12.0 Å². The first-order valence-electron chi connectivity index (χ1n) is 12.0. The molecule has 184 valence electrons. The quantitative estimate of drug-likeness (QED) is 0.514. The Hall–Kier alpha value is -3.23. The molecule has 34 heavy (non-hydrogen) atoms. The number of unbranched alkanes of at least 4 members (excludes halogenated alkanes) is 1. The molecule has 1 aliphatic rings. The molecule has 1 aromatic heterocycles. The van der Waals surface area contributed by atoms with Crippen molar-refractivity contribution in [2.24, 2.45) is 5.92 Å². The van der Waals surface area contributed by atoms with Gasteiger partial charge in [0.15, 0.2) is 0 Å². The summed E-state index contributed by atoms with van der Waals surface area (Å²) in [7, 11) is 0. The predicted octanol–water partition coefficient (Wildman–Crippen LogP) is 4.45. The molecule has 2 amide bonds. The fraction of sp³-hybridized carbons (Fsp3) is 0.520. The standard InChI is InChI=1S/C25H33FN4O4/c1-3-5-13-33-25(32)30-11-8-18(9-12-30)17-34-24-28-15-20(16-29-24)19-6-7-21(22(26)14-19)23(31)27-10-4-2/h6-7,14-16,18H,3-5,8-13,17H2,1-2H3,(H,27,31). The van der Waals surface area contributed by atoms with E-state index in [4.69, 9.17) is 9.47 Å². The molecule has 3 rings (SSSR count). The van der Waals surface area contributed by atoms with Crippen LogP contribution in [0.2, 0.25) is 0 Å². The lowest BCUT2D eigenvalue weighted by molar-refractivity contribution is 0.0792. The number of ether oxygens (including phenoxy) is 2. The molecule has 2 heterocycles. The molecular weight excluding hydrogens is 439 g/mol. The van der Waals surface area contributed by atoms with Crippen molar-refractivity contribution in [1.29, 1.82) is 0 Å². The van der Waals surface area contributed by atoms with Gasteiger partial charge in [0.05, 0.1) is 18.8 Å². The van der Waals surface area contributed by atoms with E-state index >= 15 is 0 Å². The van der Waals surface area contributed by atoms with Gasteiger partial charge in [-0.1, -0.05) is 26.3 Å². The van der Waals surface area contributed by atoms with Gasteiger partial charge in [-0.25, -0.2) is 19.2 Å². The molecule has 9 heteroatoms. The Morgan fingerprint density at radius 2 is 1.85 bits per heavy atom. The fourth-order valence-electron chi connectivity index (χ4n) is 3.62. The van der Waals surface area contributed by atoms with Gasteiger partial charge in [0, 0.05) is 37.6 Å². The average Bonchev–Trinajstić information content (AvgIpc) is 2.86. The summed E-state index contributed by atoms with van der Waals surface area (Å²) in [5.74, 6) is -0.708. The summed E-state index contributed by atoms with van der Waals surface area (Å²) in [4.78, 5) is 34.2. The zero-order chi connectivity index (χ0) is 24.3. The van der Waals surface area contributed by atoms with Crippen LogP contribution in [0.25, 0.3) is 11.1 Å². The van der Waals surface area contributed by atoms with Crippen LogP contribution >= 0.6 is 0 Å². The number of benzene rings is 1. The summed E-state index contributed by atoms with van der Waals surface area (Å²) in [6.45, 7) is 6.73. The molecule has 0 bridgehead atoms. The van der Waals surface area contributed by atoms with E-state index in [9.17, 15) is 14.0 Å². The third kappa shape index (κ3) is 7.13. The van der Waals surface area contributed by atoms with Gasteiger partial charge in [-0.05, 0) is 49.3 Å². The van der Waals surface area contributed by atoms with Crippen LogP contribution in [0.15, 0.2) is 30.6 Å². The number of carbonyl (C=O) groups excluding carboxylic acids is 2. The van der Waals surface area contributed by atoms with Gasteiger partial charge in [0.25, 0.3) is 5.91 Å². The van der Waals surface area contributed by atoms with Crippen LogP contribution in [-0.4, -0.2) is 59.7 Å². The lowest BCUT2D eigenvalue weighted by Gasteiger charge is -2.30. The number of piperidine rings is 1. The topological polar surface area (TPSA) is 93.6 Å². The number of hydrogen-bond acceptors (Lipinski definition) is 6. The summed E-state index contributed by atoms with van der Waals surface area (Å²) in [6, 6.07) is 4.69. The normalized spacial score (nSPS) is 14.0. The second-order valence-corrected chi connectivity index (χ2v) is 8.41. The summed E-state index contributed by atoms with van der Waals surface area (Å²) in [5, 5.41) is 2.67. The van der Waals surface area contributed by atoms with Crippen molar-refractivity contribution in [2.75, 3.05) is 32.8 Å². The third-order valence-corrected chi connectivity index (χ3v) is 5.76. The Balaban J connectivity index is 1.47. The Bertz CT molecular complexity index is 946. The molecule has 0 radical (unpaired) electrons. The van der Waals surface area contributed by atoms with Gasteiger partial charge in [-0.15, -0.1) is 0 Å². The van der Waals surface area contributed by atoms with E-state index in [1.165, 1.54) is 12.1 Å². The van der Waals surface area contributed by atoms with Crippen LogP contribution in [0.1, 0.15) is 56.3 Å². The van der Waals surface area contributed by atoms with E-state index in [2.05, 4.69) is 22.2 Å². The van der Waals surface area contributed by atoms with Crippen molar-refractivity contribution in [3.05, 3.63) is 42.0 Å². The molecule has 0 saturated carbocycles. The van der Waals surface area contributed by atoms with E-state index in [-0.39, 0.29) is 17.7 Å². The Kier molecular flexibility index (Phi) is 9.61. The highest BCUT2D eigenvalue weighted by atomic mass is 19.1. The molecular formula is C25H33FN4O4. The summed E-state index contributed by atoms with van der Waals surface area (Å²) in [5.41, 5.74) is 1.22. The molecule has 0 spiro atoms. The maximum Gasteiger partial charge on any atom is 0.409 e. The molecule has 1 N–H and O–H groups in total. The van der Waals surface area contributed by atoms with Crippen molar-refractivity contribution in [3.8, 4) is 17.1 Å². The Morgan fingerprint density at radius 1 is 1.12 bits per heavy atom. The molecule has 1 saturated heterocycles. The van der Waals surface area contributed by atoms with Crippen LogP contribution in [0, 0.1) is 11.7 Å². The molecule has 8 nitrogen and oxygen atoms in total. The molecule has 0 unspecified atom stereocenters. The molecule has 0 atom stereocenters. The van der Waals surface area contributed by atoms with E-state index in [0.29, 0.717) is 49.9 Å². The average molecular weight is 473 g/mol. The summed E-state index contributed by atoms with van der Waals surface area (Å²) in [6.07, 6.45) is 7.23. The number of rotatable bonds is 10. The lowest BCUT2D eigenvalue weighted by atomic mass is 9.98. The van der Waals surface area contributed by atoms with Gasteiger partial charge in [-0.2, -0.15) is 0 Å². The molecule has 1 aliphatic heterocycles. The van der Waals surface area contributed by atoms with Crippen LogP contribution in [0.5, 0.6) is 6.01 Å². The highest BCUT2D eigenvalue weighted by Gasteiger charge is 2.24.